The third-order valence-electron chi connectivity index (χ3n) is 5.32. The summed E-state index contributed by atoms with van der Waals surface area (Å²) in [6, 6.07) is 13.8. The standard InChI is InChI=1S/C25H32N4O4/c1-2-3-12-26-24(31)19-8-5-10-21(15-19)29-23(30)17-27-20-9-4-7-18(14-20)25(32)28-16-22-11-6-13-33-22/h4-5,7-10,14-15,22,27H,2-3,6,11-13,16-17H2,1H3,(H,26,31)(H,28,32)(H,29,30). The van der Waals surface area contributed by atoms with Crippen LogP contribution in [0.5, 0.6) is 0 Å². The molecule has 8 heteroatoms. The van der Waals surface area contributed by atoms with Gasteiger partial charge in [0.15, 0.2) is 0 Å². The topological polar surface area (TPSA) is 109 Å². The highest BCUT2D eigenvalue weighted by Gasteiger charge is 2.17. The lowest BCUT2D eigenvalue weighted by atomic mass is 10.1. The molecule has 3 rings (SSSR count). The van der Waals surface area contributed by atoms with Crippen LogP contribution in [0, 0.1) is 0 Å². The average molecular weight is 453 g/mol. The van der Waals surface area contributed by atoms with Crippen LogP contribution in [0.3, 0.4) is 0 Å². The molecule has 2 aromatic rings. The Bertz CT molecular complexity index is 957. The largest absolute Gasteiger partial charge is 0.376 e. The minimum atomic E-state index is -0.258. The van der Waals surface area contributed by atoms with Crippen LogP contribution in [0.25, 0.3) is 0 Å². The quantitative estimate of drug-likeness (QED) is 0.392. The molecule has 1 fully saturated rings. The van der Waals surface area contributed by atoms with Gasteiger partial charge in [0.25, 0.3) is 11.8 Å². The van der Waals surface area contributed by atoms with E-state index in [2.05, 4.69) is 28.2 Å². The van der Waals surface area contributed by atoms with Gasteiger partial charge in [0, 0.05) is 42.2 Å². The van der Waals surface area contributed by atoms with E-state index in [-0.39, 0.29) is 30.4 Å². The second-order valence-corrected chi connectivity index (χ2v) is 8.02. The number of ether oxygens (including phenoxy) is 1. The Hall–Kier alpha value is -3.39. The number of rotatable bonds is 11. The number of carbonyl (C=O) groups excluding carboxylic acids is 3. The Morgan fingerprint density at radius 1 is 0.970 bits per heavy atom. The first-order valence-electron chi connectivity index (χ1n) is 11.5. The van der Waals surface area contributed by atoms with Gasteiger partial charge in [-0.3, -0.25) is 14.4 Å². The summed E-state index contributed by atoms with van der Waals surface area (Å²) in [5, 5.41) is 11.6. The first-order chi connectivity index (χ1) is 16.0. The number of carbonyl (C=O) groups is 3. The van der Waals surface area contributed by atoms with Crippen molar-refractivity contribution < 1.29 is 19.1 Å². The fourth-order valence-electron chi connectivity index (χ4n) is 3.49. The summed E-state index contributed by atoms with van der Waals surface area (Å²) in [6.07, 6.45) is 4.00. The van der Waals surface area contributed by atoms with Crippen molar-refractivity contribution in [3.8, 4) is 0 Å². The van der Waals surface area contributed by atoms with Crippen LogP contribution in [0.1, 0.15) is 53.3 Å². The lowest BCUT2D eigenvalue weighted by Gasteiger charge is -2.12. The number of unbranched alkanes of at least 4 members (excludes halogenated alkanes) is 1. The fourth-order valence-corrected chi connectivity index (χ4v) is 3.49. The van der Waals surface area contributed by atoms with E-state index in [0.29, 0.717) is 35.6 Å². The lowest BCUT2D eigenvalue weighted by Crippen LogP contribution is -2.31. The zero-order chi connectivity index (χ0) is 23.5. The number of hydrogen-bond acceptors (Lipinski definition) is 5. The van der Waals surface area contributed by atoms with Gasteiger partial charge in [0.2, 0.25) is 5.91 Å². The van der Waals surface area contributed by atoms with E-state index in [0.717, 1.165) is 32.3 Å². The second-order valence-electron chi connectivity index (χ2n) is 8.02. The molecule has 0 aromatic heterocycles. The maximum Gasteiger partial charge on any atom is 0.251 e. The van der Waals surface area contributed by atoms with Crippen molar-refractivity contribution in [2.24, 2.45) is 0 Å². The van der Waals surface area contributed by atoms with Gasteiger partial charge in [0.05, 0.1) is 12.6 Å². The van der Waals surface area contributed by atoms with Gasteiger partial charge in [-0.05, 0) is 55.7 Å². The number of nitrogens with one attached hydrogen (secondary N) is 4. The maximum atomic E-state index is 12.4. The van der Waals surface area contributed by atoms with Crippen molar-refractivity contribution in [1.82, 2.24) is 10.6 Å². The minimum Gasteiger partial charge on any atom is -0.376 e. The summed E-state index contributed by atoms with van der Waals surface area (Å²) >= 11 is 0. The molecule has 1 unspecified atom stereocenters. The second kappa shape index (κ2) is 12.6. The van der Waals surface area contributed by atoms with Crippen LogP contribution in [0.15, 0.2) is 48.5 Å². The molecule has 1 atom stereocenters. The van der Waals surface area contributed by atoms with Crippen molar-refractivity contribution in [3.63, 3.8) is 0 Å². The summed E-state index contributed by atoms with van der Waals surface area (Å²) in [7, 11) is 0. The molecule has 0 saturated carbocycles. The molecule has 1 aliphatic rings. The normalized spacial score (nSPS) is 15.0. The van der Waals surface area contributed by atoms with Gasteiger partial charge in [0.1, 0.15) is 0 Å². The third-order valence-corrected chi connectivity index (χ3v) is 5.32. The first-order valence-corrected chi connectivity index (χ1v) is 11.5. The van der Waals surface area contributed by atoms with E-state index in [1.165, 1.54) is 0 Å². The molecule has 0 radical (unpaired) electrons. The molecule has 1 saturated heterocycles. The highest BCUT2D eigenvalue weighted by molar-refractivity contribution is 5.98. The Labute approximate surface area is 194 Å². The van der Waals surface area contributed by atoms with Gasteiger partial charge in [-0.15, -0.1) is 0 Å². The summed E-state index contributed by atoms with van der Waals surface area (Å²) < 4.78 is 5.53. The maximum absolute atomic E-state index is 12.4. The summed E-state index contributed by atoms with van der Waals surface area (Å²) in [5.41, 5.74) is 2.23. The average Bonchev–Trinajstić information content (AvgIpc) is 3.35. The Kier molecular flexibility index (Phi) is 9.26. The summed E-state index contributed by atoms with van der Waals surface area (Å²) in [6.45, 7) is 3.95. The predicted molar refractivity (Wildman–Crippen MR) is 129 cm³/mol. The zero-order valence-electron chi connectivity index (χ0n) is 19.0. The van der Waals surface area contributed by atoms with Gasteiger partial charge in [-0.2, -0.15) is 0 Å². The zero-order valence-corrected chi connectivity index (χ0v) is 19.0. The first kappa shape index (κ1) is 24.3. The molecule has 8 nitrogen and oxygen atoms in total. The van der Waals surface area contributed by atoms with E-state index < -0.39 is 0 Å². The van der Waals surface area contributed by atoms with E-state index >= 15 is 0 Å². The van der Waals surface area contributed by atoms with Crippen LogP contribution < -0.4 is 21.3 Å². The summed E-state index contributed by atoms with van der Waals surface area (Å²) in [4.78, 5) is 37.0. The highest BCUT2D eigenvalue weighted by atomic mass is 16.5. The minimum absolute atomic E-state index is 0.0217. The van der Waals surface area contributed by atoms with Crippen molar-refractivity contribution in [1.29, 1.82) is 0 Å². The number of amides is 3. The molecule has 2 aromatic carbocycles. The molecule has 176 valence electrons. The summed E-state index contributed by atoms with van der Waals surface area (Å²) in [5.74, 6) is -0.591. The van der Waals surface area contributed by atoms with E-state index in [1.807, 2.05) is 0 Å². The molecule has 33 heavy (non-hydrogen) atoms. The van der Waals surface area contributed by atoms with Gasteiger partial charge >= 0.3 is 0 Å². The highest BCUT2D eigenvalue weighted by Crippen LogP contribution is 2.14. The molecular formula is C25H32N4O4. The van der Waals surface area contributed by atoms with E-state index in [9.17, 15) is 14.4 Å². The van der Waals surface area contributed by atoms with Crippen LogP contribution in [0.2, 0.25) is 0 Å². The molecule has 0 bridgehead atoms. The van der Waals surface area contributed by atoms with E-state index in [1.54, 1.807) is 48.5 Å². The van der Waals surface area contributed by atoms with Crippen molar-refractivity contribution >= 4 is 29.1 Å². The Morgan fingerprint density at radius 2 is 1.67 bits per heavy atom. The molecule has 4 N–H and O–H groups in total. The van der Waals surface area contributed by atoms with Gasteiger partial charge in [-0.25, -0.2) is 0 Å². The Balaban J connectivity index is 1.47. The number of benzene rings is 2. The van der Waals surface area contributed by atoms with Crippen molar-refractivity contribution in [2.45, 2.75) is 38.7 Å². The monoisotopic (exact) mass is 452 g/mol. The van der Waals surface area contributed by atoms with Gasteiger partial charge in [-0.1, -0.05) is 25.5 Å². The molecule has 3 amide bonds. The molecule has 1 aliphatic heterocycles. The predicted octanol–water partition coefficient (Wildman–Crippen LogP) is 3.18. The van der Waals surface area contributed by atoms with Crippen LogP contribution >= 0.6 is 0 Å². The molecular weight excluding hydrogens is 420 g/mol. The van der Waals surface area contributed by atoms with Crippen molar-refractivity contribution in [2.75, 3.05) is 36.9 Å². The fraction of sp³-hybridized carbons (Fsp3) is 0.400. The molecule has 1 heterocycles. The van der Waals surface area contributed by atoms with Crippen LogP contribution in [-0.2, 0) is 9.53 Å². The number of anilines is 2. The number of hydrogen-bond donors (Lipinski definition) is 4. The van der Waals surface area contributed by atoms with Crippen LogP contribution in [0.4, 0.5) is 11.4 Å². The molecule has 0 spiro atoms. The van der Waals surface area contributed by atoms with E-state index in [4.69, 9.17) is 4.74 Å². The SMILES string of the molecule is CCCCNC(=O)c1cccc(NC(=O)CNc2cccc(C(=O)NCC3CCCO3)c2)c1. The smallest absolute Gasteiger partial charge is 0.251 e. The van der Waals surface area contributed by atoms with Crippen molar-refractivity contribution in [3.05, 3.63) is 59.7 Å². The van der Waals surface area contributed by atoms with Crippen LogP contribution in [-0.4, -0.2) is 50.1 Å². The molecule has 0 aliphatic carbocycles. The Morgan fingerprint density at radius 3 is 2.36 bits per heavy atom. The third kappa shape index (κ3) is 7.91. The van der Waals surface area contributed by atoms with Gasteiger partial charge < -0.3 is 26.0 Å². The lowest BCUT2D eigenvalue weighted by molar-refractivity contribution is -0.114.